The van der Waals surface area contributed by atoms with E-state index in [0.717, 1.165) is 44.7 Å². The van der Waals surface area contributed by atoms with Gasteiger partial charge in [-0.25, -0.2) is 4.39 Å². The molecular formula is C22H28FN5O3. The van der Waals surface area contributed by atoms with Crippen LogP contribution in [0.1, 0.15) is 31.2 Å². The van der Waals surface area contributed by atoms with Gasteiger partial charge in [0, 0.05) is 38.4 Å². The van der Waals surface area contributed by atoms with E-state index in [9.17, 15) is 9.18 Å². The summed E-state index contributed by atoms with van der Waals surface area (Å²) < 4.78 is 24.0. The van der Waals surface area contributed by atoms with E-state index in [2.05, 4.69) is 25.7 Å². The van der Waals surface area contributed by atoms with Gasteiger partial charge in [0.2, 0.25) is 0 Å². The molecule has 9 heteroatoms. The van der Waals surface area contributed by atoms with Crippen LogP contribution in [-0.2, 0) is 9.53 Å². The number of carbonyl (C=O) groups excluding carboxylic acids is 1. The smallest absolute Gasteiger partial charge is 0.276 e. The van der Waals surface area contributed by atoms with Gasteiger partial charge in [0.05, 0.1) is 19.4 Å². The van der Waals surface area contributed by atoms with Crippen LogP contribution in [0.4, 0.5) is 4.39 Å². The highest BCUT2D eigenvalue weighted by molar-refractivity contribution is 6.09. The SMILES string of the molecule is COc1cc(C2CN(C(C)C3=NN/C(=C\N=CC4CCOCC4)C(=O)N3)C2)ccc1F. The lowest BCUT2D eigenvalue weighted by molar-refractivity contribution is -0.116. The van der Waals surface area contributed by atoms with Gasteiger partial charge in [-0.3, -0.25) is 20.1 Å². The van der Waals surface area contributed by atoms with Crippen LogP contribution in [0.2, 0.25) is 0 Å². The van der Waals surface area contributed by atoms with Gasteiger partial charge in [-0.05, 0) is 43.4 Å². The number of carbonyl (C=O) groups is 1. The van der Waals surface area contributed by atoms with Crippen LogP contribution >= 0.6 is 0 Å². The number of ether oxygens (including phenoxy) is 2. The first-order chi connectivity index (χ1) is 15.0. The van der Waals surface area contributed by atoms with E-state index in [4.69, 9.17) is 9.47 Å². The third-order valence-electron chi connectivity index (χ3n) is 6.05. The maximum Gasteiger partial charge on any atom is 0.276 e. The number of hydrogen-bond acceptors (Lipinski definition) is 7. The van der Waals surface area contributed by atoms with Gasteiger partial charge in [0.25, 0.3) is 5.91 Å². The summed E-state index contributed by atoms with van der Waals surface area (Å²) in [6.07, 6.45) is 5.29. The summed E-state index contributed by atoms with van der Waals surface area (Å²) in [5, 5.41) is 7.19. The molecule has 166 valence electrons. The zero-order valence-corrected chi connectivity index (χ0v) is 17.8. The molecule has 0 aliphatic carbocycles. The summed E-state index contributed by atoms with van der Waals surface area (Å²) >= 11 is 0. The Labute approximate surface area is 181 Å². The van der Waals surface area contributed by atoms with E-state index < -0.39 is 0 Å². The van der Waals surface area contributed by atoms with Crippen molar-refractivity contribution in [3.8, 4) is 5.75 Å². The molecule has 1 aromatic carbocycles. The Morgan fingerprint density at radius 1 is 1.35 bits per heavy atom. The number of likely N-dealkylation sites (tertiary alicyclic amines) is 1. The predicted molar refractivity (Wildman–Crippen MR) is 116 cm³/mol. The predicted octanol–water partition coefficient (Wildman–Crippen LogP) is 1.99. The molecule has 0 bridgehead atoms. The number of aliphatic imine (C=N–C) groups is 1. The maximum atomic E-state index is 13.6. The summed E-state index contributed by atoms with van der Waals surface area (Å²) in [7, 11) is 1.47. The van der Waals surface area contributed by atoms with Crippen molar-refractivity contribution in [1.82, 2.24) is 15.6 Å². The first-order valence-corrected chi connectivity index (χ1v) is 10.6. The molecular weight excluding hydrogens is 401 g/mol. The van der Waals surface area contributed by atoms with E-state index in [1.807, 2.05) is 13.1 Å². The van der Waals surface area contributed by atoms with E-state index in [0.29, 0.717) is 23.4 Å². The quantitative estimate of drug-likeness (QED) is 0.534. The summed E-state index contributed by atoms with van der Waals surface area (Å²) in [6, 6.07) is 4.93. The molecule has 1 amide bonds. The second-order valence-electron chi connectivity index (χ2n) is 8.07. The van der Waals surface area contributed by atoms with Crippen molar-refractivity contribution in [3.63, 3.8) is 0 Å². The van der Waals surface area contributed by atoms with Crippen molar-refractivity contribution in [2.75, 3.05) is 33.4 Å². The lowest BCUT2D eigenvalue weighted by Crippen LogP contribution is -2.57. The number of hydrogen-bond donors (Lipinski definition) is 2. The minimum absolute atomic E-state index is 0.0534. The average molecular weight is 429 g/mol. The van der Waals surface area contributed by atoms with Gasteiger partial charge < -0.3 is 14.8 Å². The van der Waals surface area contributed by atoms with E-state index in [1.54, 1.807) is 12.1 Å². The normalized spacial score (nSPS) is 23.3. The molecule has 0 saturated carbocycles. The molecule has 0 aromatic heterocycles. The fourth-order valence-corrected chi connectivity index (χ4v) is 3.92. The highest BCUT2D eigenvalue weighted by atomic mass is 19.1. The summed E-state index contributed by atoms with van der Waals surface area (Å²) in [4.78, 5) is 18.9. The number of rotatable bonds is 6. The number of methoxy groups -OCH3 is 1. The van der Waals surface area contributed by atoms with Crippen molar-refractivity contribution in [1.29, 1.82) is 0 Å². The second-order valence-corrected chi connectivity index (χ2v) is 8.07. The lowest BCUT2D eigenvalue weighted by atomic mass is 9.89. The number of hydrazone groups is 1. The Kier molecular flexibility index (Phi) is 6.62. The fourth-order valence-electron chi connectivity index (χ4n) is 3.92. The first kappa shape index (κ1) is 21.5. The molecule has 4 rings (SSSR count). The molecule has 1 atom stereocenters. The Morgan fingerprint density at radius 3 is 2.84 bits per heavy atom. The lowest BCUT2D eigenvalue weighted by Gasteiger charge is -2.44. The zero-order chi connectivity index (χ0) is 21.8. The Balaban J connectivity index is 1.31. The van der Waals surface area contributed by atoms with Crippen molar-refractivity contribution in [3.05, 3.63) is 41.5 Å². The minimum Gasteiger partial charge on any atom is -0.494 e. The van der Waals surface area contributed by atoms with Gasteiger partial charge in [0.1, 0.15) is 11.5 Å². The molecule has 31 heavy (non-hydrogen) atoms. The Morgan fingerprint density at radius 2 is 2.13 bits per heavy atom. The largest absolute Gasteiger partial charge is 0.494 e. The van der Waals surface area contributed by atoms with Crippen LogP contribution in [0.5, 0.6) is 5.75 Å². The van der Waals surface area contributed by atoms with Crippen LogP contribution in [0.25, 0.3) is 0 Å². The highest BCUT2D eigenvalue weighted by Gasteiger charge is 2.35. The van der Waals surface area contributed by atoms with E-state index in [-0.39, 0.29) is 23.5 Å². The number of amidine groups is 1. The minimum atomic E-state index is -0.359. The number of benzene rings is 1. The zero-order valence-electron chi connectivity index (χ0n) is 17.8. The average Bonchev–Trinajstić information content (AvgIpc) is 2.75. The van der Waals surface area contributed by atoms with Crippen LogP contribution in [0, 0.1) is 11.7 Å². The molecule has 1 unspecified atom stereocenters. The van der Waals surface area contributed by atoms with Crippen LogP contribution in [0.3, 0.4) is 0 Å². The molecule has 3 aliphatic heterocycles. The third-order valence-corrected chi connectivity index (χ3v) is 6.05. The van der Waals surface area contributed by atoms with Crippen molar-refractivity contribution >= 4 is 18.0 Å². The van der Waals surface area contributed by atoms with Gasteiger partial charge in [0.15, 0.2) is 11.6 Å². The number of nitrogens with zero attached hydrogens (tertiary/aromatic N) is 3. The number of amides is 1. The standard InChI is InChI=1S/C22H28FN5O3/c1-14(28-12-17(13-28)16-3-4-18(23)20(9-16)30-2)21-25-22(29)19(26-27-21)11-24-10-15-5-7-31-8-6-15/h3-4,9-11,14-15,17,26H,5-8,12-13H2,1-2H3,(H,25,27,29)/b19-11-,24-10?. The topological polar surface area (TPSA) is 87.6 Å². The number of halogens is 1. The van der Waals surface area contributed by atoms with Crippen molar-refractivity contribution < 1.29 is 18.7 Å². The molecule has 1 aromatic rings. The summed E-state index contributed by atoms with van der Waals surface area (Å²) in [5.74, 6) is 0.904. The van der Waals surface area contributed by atoms with Gasteiger partial charge >= 0.3 is 0 Å². The monoisotopic (exact) mass is 429 g/mol. The maximum absolute atomic E-state index is 13.6. The summed E-state index contributed by atoms with van der Waals surface area (Å²) in [6.45, 7) is 5.10. The van der Waals surface area contributed by atoms with E-state index >= 15 is 0 Å². The fraction of sp³-hybridized carbons (Fsp3) is 0.500. The van der Waals surface area contributed by atoms with Crippen molar-refractivity contribution in [2.24, 2.45) is 16.0 Å². The molecule has 2 saturated heterocycles. The molecule has 3 aliphatic rings. The third kappa shape index (κ3) is 4.94. The Bertz CT molecular complexity index is 904. The van der Waals surface area contributed by atoms with Crippen molar-refractivity contribution in [2.45, 2.75) is 31.7 Å². The van der Waals surface area contributed by atoms with Crippen LogP contribution < -0.4 is 15.5 Å². The molecule has 2 N–H and O–H groups in total. The molecule has 0 radical (unpaired) electrons. The van der Waals surface area contributed by atoms with E-state index in [1.165, 1.54) is 19.4 Å². The van der Waals surface area contributed by atoms with Crippen LogP contribution in [-0.4, -0.2) is 62.3 Å². The Hall–Kier alpha value is -2.78. The first-order valence-electron chi connectivity index (χ1n) is 10.6. The number of nitrogens with one attached hydrogen (secondary N) is 2. The van der Waals surface area contributed by atoms with Gasteiger partial charge in [-0.15, -0.1) is 0 Å². The second kappa shape index (κ2) is 9.57. The van der Waals surface area contributed by atoms with Gasteiger partial charge in [-0.1, -0.05) is 6.07 Å². The van der Waals surface area contributed by atoms with Crippen LogP contribution in [0.15, 0.2) is 40.2 Å². The molecule has 8 nitrogen and oxygen atoms in total. The molecule has 0 spiro atoms. The van der Waals surface area contributed by atoms with Gasteiger partial charge in [-0.2, -0.15) is 5.10 Å². The summed E-state index contributed by atoms with van der Waals surface area (Å²) in [5.41, 5.74) is 4.18. The highest BCUT2D eigenvalue weighted by Crippen LogP contribution is 2.31. The molecule has 3 heterocycles. The molecule has 2 fully saturated rings.